The van der Waals surface area contributed by atoms with Gasteiger partial charge in [0.25, 0.3) is 0 Å². The number of nitrogens with zero attached hydrogens (tertiary/aromatic N) is 1. The van der Waals surface area contributed by atoms with E-state index in [0.29, 0.717) is 30.4 Å². The number of carbonyl (C=O) groups excluding carboxylic acids is 1. The van der Waals surface area contributed by atoms with Gasteiger partial charge in [-0.25, -0.2) is 9.59 Å². The van der Waals surface area contributed by atoms with Gasteiger partial charge >= 0.3 is 12.1 Å². The van der Waals surface area contributed by atoms with Crippen molar-refractivity contribution in [3.05, 3.63) is 28.8 Å². The third kappa shape index (κ3) is 6.41. The highest BCUT2D eigenvalue weighted by molar-refractivity contribution is 6.18. The highest BCUT2D eigenvalue weighted by Gasteiger charge is 2.43. The lowest BCUT2D eigenvalue weighted by atomic mass is 9.81. The summed E-state index contributed by atoms with van der Waals surface area (Å²) in [5.41, 5.74) is 0.652. The maximum absolute atomic E-state index is 12.4. The van der Waals surface area contributed by atoms with Crippen molar-refractivity contribution in [1.82, 2.24) is 5.32 Å². The minimum absolute atomic E-state index is 0.162. The standard InChI is InChI=1S/C21H32Cl2N2O4/c1-7-21(18(26)27,24-19(28)29-20(4,5)6)17-14(2)12-16(13-15(17)3)25(10-8-22)11-9-23/h12-13H,7-11H2,1-6H3,(H,24,28)(H,26,27)/t21-/m0/s1. The van der Waals surface area contributed by atoms with Crippen LogP contribution in [0.4, 0.5) is 10.5 Å². The molecule has 0 aliphatic heterocycles. The van der Waals surface area contributed by atoms with Crippen LogP contribution in [0.2, 0.25) is 0 Å². The number of carboxylic acids is 1. The predicted molar refractivity (Wildman–Crippen MR) is 119 cm³/mol. The number of hydrogen-bond acceptors (Lipinski definition) is 4. The summed E-state index contributed by atoms with van der Waals surface area (Å²) in [6, 6.07) is 3.82. The van der Waals surface area contributed by atoms with Crippen LogP contribution in [0.5, 0.6) is 0 Å². The van der Waals surface area contributed by atoms with Crippen LogP contribution in [-0.4, -0.2) is 47.6 Å². The van der Waals surface area contributed by atoms with Gasteiger partial charge in [-0.2, -0.15) is 0 Å². The Bertz CT molecular complexity index is 705. The summed E-state index contributed by atoms with van der Waals surface area (Å²) in [5.74, 6) is -0.237. The van der Waals surface area contributed by atoms with E-state index in [1.54, 1.807) is 27.7 Å². The largest absolute Gasteiger partial charge is 0.479 e. The van der Waals surface area contributed by atoms with Gasteiger partial charge in [0, 0.05) is 30.5 Å². The highest BCUT2D eigenvalue weighted by Crippen LogP contribution is 2.34. The molecule has 0 unspecified atom stereocenters. The molecule has 0 fully saturated rings. The number of alkyl halides is 2. The predicted octanol–water partition coefficient (Wildman–Crippen LogP) is 4.80. The second-order valence-corrected chi connectivity index (χ2v) is 8.77. The van der Waals surface area contributed by atoms with Gasteiger partial charge in [0.05, 0.1) is 0 Å². The second-order valence-electron chi connectivity index (χ2n) is 8.01. The molecule has 6 nitrogen and oxygen atoms in total. The molecule has 1 aromatic rings. The second kappa shape index (κ2) is 10.4. The molecule has 1 amide bonds. The summed E-state index contributed by atoms with van der Waals surface area (Å²) in [6.07, 6.45) is -0.606. The molecule has 0 aliphatic carbocycles. The van der Waals surface area contributed by atoms with E-state index in [1.165, 1.54) is 0 Å². The van der Waals surface area contributed by atoms with Gasteiger partial charge in [-0.15, -0.1) is 23.2 Å². The summed E-state index contributed by atoms with van der Waals surface area (Å²) in [7, 11) is 0. The van der Waals surface area contributed by atoms with Crippen LogP contribution in [0, 0.1) is 13.8 Å². The van der Waals surface area contributed by atoms with Gasteiger partial charge in [-0.05, 0) is 69.9 Å². The summed E-state index contributed by atoms with van der Waals surface area (Å²) < 4.78 is 5.32. The lowest BCUT2D eigenvalue weighted by Gasteiger charge is -2.34. The van der Waals surface area contributed by atoms with E-state index in [0.717, 1.165) is 16.8 Å². The van der Waals surface area contributed by atoms with Crippen molar-refractivity contribution < 1.29 is 19.4 Å². The number of aliphatic carboxylic acids is 1. The number of benzene rings is 1. The number of halogens is 2. The number of rotatable bonds is 9. The van der Waals surface area contributed by atoms with Crippen LogP contribution >= 0.6 is 23.2 Å². The van der Waals surface area contributed by atoms with Gasteiger partial charge < -0.3 is 20.1 Å². The van der Waals surface area contributed by atoms with Crippen LogP contribution in [0.15, 0.2) is 12.1 Å². The number of alkyl carbamates (subject to hydrolysis) is 1. The van der Waals surface area contributed by atoms with E-state index in [4.69, 9.17) is 27.9 Å². The molecule has 8 heteroatoms. The fourth-order valence-electron chi connectivity index (χ4n) is 3.49. The van der Waals surface area contributed by atoms with Crippen LogP contribution in [0.3, 0.4) is 0 Å². The van der Waals surface area contributed by atoms with E-state index in [-0.39, 0.29) is 6.42 Å². The number of anilines is 1. The average Bonchev–Trinajstić information content (AvgIpc) is 2.57. The number of carboxylic acid groups (broad SMARTS) is 1. The smallest absolute Gasteiger partial charge is 0.408 e. The Morgan fingerprint density at radius 3 is 1.93 bits per heavy atom. The van der Waals surface area contributed by atoms with E-state index in [2.05, 4.69) is 10.2 Å². The molecular weight excluding hydrogens is 415 g/mol. The molecule has 29 heavy (non-hydrogen) atoms. The normalized spacial score (nSPS) is 13.5. The molecule has 0 saturated heterocycles. The van der Waals surface area contributed by atoms with E-state index in [1.807, 2.05) is 26.0 Å². The molecule has 0 saturated carbocycles. The molecule has 1 rings (SSSR count). The van der Waals surface area contributed by atoms with Gasteiger partial charge in [0.2, 0.25) is 0 Å². The molecule has 0 radical (unpaired) electrons. The SMILES string of the molecule is CC[C@@](NC(=O)OC(C)(C)C)(C(=O)O)c1c(C)cc(N(CCCl)CCCl)cc1C. The number of hydrogen-bond donors (Lipinski definition) is 2. The molecule has 0 bridgehead atoms. The molecule has 0 aromatic heterocycles. The number of amides is 1. The first-order valence-corrected chi connectivity index (χ1v) is 10.7. The fourth-order valence-corrected chi connectivity index (χ4v) is 3.90. The fraction of sp³-hybridized carbons (Fsp3) is 0.619. The summed E-state index contributed by atoms with van der Waals surface area (Å²) >= 11 is 11.8. The van der Waals surface area contributed by atoms with Crippen LogP contribution in [0.1, 0.15) is 50.8 Å². The number of aryl methyl sites for hydroxylation is 2. The Balaban J connectivity index is 3.47. The van der Waals surface area contributed by atoms with Gasteiger partial charge in [-0.1, -0.05) is 6.92 Å². The Morgan fingerprint density at radius 2 is 1.59 bits per heavy atom. The minimum atomic E-state index is -1.60. The number of carbonyl (C=O) groups is 2. The van der Waals surface area contributed by atoms with Crippen molar-refractivity contribution in [3.8, 4) is 0 Å². The van der Waals surface area contributed by atoms with E-state index >= 15 is 0 Å². The van der Waals surface area contributed by atoms with Crippen molar-refractivity contribution in [2.75, 3.05) is 29.7 Å². The lowest BCUT2D eigenvalue weighted by molar-refractivity contribution is -0.145. The zero-order valence-electron chi connectivity index (χ0n) is 18.1. The zero-order chi connectivity index (χ0) is 22.4. The quantitative estimate of drug-likeness (QED) is 0.532. The Hall–Kier alpha value is -1.66. The lowest BCUT2D eigenvalue weighted by Crippen LogP contribution is -2.53. The molecule has 0 heterocycles. The third-order valence-corrected chi connectivity index (χ3v) is 4.97. The van der Waals surface area contributed by atoms with Gasteiger partial charge in [0.1, 0.15) is 5.60 Å². The Kier molecular flexibility index (Phi) is 9.09. The molecule has 2 N–H and O–H groups in total. The van der Waals surface area contributed by atoms with Crippen molar-refractivity contribution in [3.63, 3.8) is 0 Å². The van der Waals surface area contributed by atoms with Gasteiger partial charge in [-0.3, -0.25) is 0 Å². The van der Waals surface area contributed by atoms with Crippen LogP contribution in [-0.2, 0) is 15.1 Å². The Labute approximate surface area is 183 Å². The maximum atomic E-state index is 12.4. The summed E-state index contributed by atoms with van der Waals surface area (Å²) in [6.45, 7) is 11.9. The molecule has 1 atom stereocenters. The monoisotopic (exact) mass is 446 g/mol. The number of ether oxygens (including phenoxy) is 1. The van der Waals surface area contributed by atoms with Crippen molar-refractivity contribution in [2.45, 2.75) is 59.1 Å². The summed E-state index contributed by atoms with van der Waals surface area (Å²) in [5, 5.41) is 12.7. The maximum Gasteiger partial charge on any atom is 0.408 e. The average molecular weight is 447 g/mol. The molecule has 0 spiro atoms. The van der Waals surface area contributed by atoms with Crippen molar-refractivity contribution >= 4 is 41.0 Å². The zero-order valence-corrected chi connectivity index (χ0v) is 19.6. The van der Waals surface area contributed by atoms with Crippen LogP contribution < -0.4 is 10.2 Å². The molecule has 0 aliphatic rings. The van der Waals surface area contributed by atoms with Crippen molar-refractivity contribution in [1.29, 1.82) is 0 Å². The first-order chi connectivity index (χ1) is 13.4. The molecule has 164 valence electrons. The topological polar surface area (TPSA) is 78.9 Å². The van der Waals surface area contributed by atoms with E-state index in [9.17, 15) is 14.7 Å². The number of nitrogens with one attached hydrogen (secondary N) is 1. The highest BCUT2D eigenvalue weighted by atomic mass is 35.5. The van der Waals surface area contributed by atoms with Gasteiger partial charge in [0.15, 0.2) is 5.54 Å². The minimum Gasteiger partial charge on any atom is -0.479 e. The first-order valence-electron chi connectivity index (χ1n) is 9.65. The molecule has 1 aromatic carbocycles. The first kappa shape index (κ1) is 25.4. The summed E-state index contributed by atoms with van der Waals surface area (Å²) in [4.78, 5) is 26.9. The Morgan fingerprint density at radius 1 is 1.10 bits per heavy atom. The third-order valence-electron chi connectivity index (χ3n) is 4.63. The molecular formula is C21H32Cl2N2O4. The van der Waals surface area contributed by atoms with E-state index < -0.39 is 23.2 Å². The van der Waals surface area contributed by atoms with Crippen molar-refractivity contribution in [2.24, 2.45) is 0 Å². The van der Waals surface area contributed by atoms with Crippen LogP contribution in [0.25, 0.3) is 0 Å².